The van der Waals surface area contributed by atoms with E-state index in [4.69, 9.17) is 27.9 Å². The highest BCUT2D eigenvalue weighted by atomic mass is 35.5. The largest absolute Gasteiger partial charge is 0.481 e. The molecule has 0 aliphatic heterocycles. The topological polar surface area (TPSA) is 165 Å². The Morgan fingerprint density at radius 1 is 1.03 bits per heavy atom. The predicted octanol–water partition coefficient (Wildman–Crippen LogP) is 2.41. The minimum atomic E-state index is -1.41. The molecule has 1 heterocycles. The van der Waals surface area contributed by atoms with E-state index in [0.29, 0.717) is 15.6 Å². The molecule has 38 heavy (non-hydrogen) atoms. The van der Waals surface area contributed by atoms with Crippen molar-refractivity contribution in [2.75, 3.05) is 0 Å². The second-order valence-corrected chi connectivity index (χ2v) is 9.00. The molecule has 3 aromatic rings. The Kier molecular flexibility index (Phi) is 10.1. The van der Waals surface area contributed by atoms with Gasteiger partial charge in [-0.25, -0.2) is 9.48 Å². The maximum atomic E-state index is 13.0. The van der Waals surface area contributed by atoms with Gasteiger partial charge in [0.25, 0.3) is 0 Å². The lowest BCUT2D eigenvalue weighted by Gasteiger charge is -2.20. The molecule has 2 atom stereocenters. The second kappa shape index (κ2) is 13.5. The molecule has 0 aliphatic rings. The Bertz CT molecular complexity index is 1280. The number of tetrazole rings is 1. The standard InChI is InChI=1S/C24H24Cl2N6O6/c1-14(27-24(37)38-13-15-6-3-2-4-7-15)23(36)28-19(11-22(34)35)20(33)12-32-21(29-30-31-32)10-16-17(25)8-5-9-18(16)26/h2-9,14,19H,10-13H2,1H3,(H,27,37)(H,28,36)(H,34,35)/t14-,19?/m0/s1. The lowest BCUT2D eigenvalue weighted by molar-refractivity contribution is -0.140. The van der Waals surface area contributed by atoms with Gasteiger partial charge in [0.15, 0.2) is 11.6 Å². The summed E-state index contributed by atoms with van der Waals surface area (Å²) in [6.45, 7) is 0.937. The van der Waals surface area contributed by atoms with Crippen LogP contribution in [0.1, 0.15) is 30.3 Å². The molecule has 14 heteroatoms. The number of hydrogen-bond acceptors (Lipinski definition) is 8. The van der Waals surface area contributed by atoms with Crippen molar-refractivity contribution in [2.24, 2.45) is 0 Å². The lowest BCUT2D eigenvalue weighted by Crippen LogP contribution is -2.51. The SMILES string of the molecule is C[C@H](NC(=O)OCc1ccccc1)C(=O)NC(CC(=O)O)C(=O)Cn1nnnc1Cc1c(Cl)cccc1Cl. The predicted molar refractivity (Wildman–Crippen MR) is 136 cm³/mol. The summed E-state index contributed by atoms with van der Waals surface area (Å²) in [4.78, 5) is 49.0. The Morgan fingerprint density at radius 2 is 1.71 bits per heavy atom. The van der Waals surface area contributed by atoms with Gasteiger partial charge in [0, 0.05) is 16.5 Å². The van der Waals surface area contributed by atoms with E-state index in [1.807, 2.05) is 6.07 Å². The fraction of sp³-hybridized carbons (Fsp3) is 0.292. The average molecular weight is 563 g/mol. The van der Waals surface area contributed by atoms with Gasteiger partial charge in [-0.1, -0.05) is 59.6 Å². The van der Waals surface area contributed by atoms with E-state index < -0.39 is 48.8 Å². The number of amides is 2. The highest BCUT2D eigenvalue weighted by Crippen LogP contribution is 2.26. The molecular formula is C24H24Cl2N6O6. The Hall–Kier alpha value is -4.03. The van der Waals surface area contributed by atoms with Crippen LogP contribution in [-0.4, -0.2) is 61.2 Å². The van der Waals surface area contributed by atoms with Gasteiger partial charge in [-0.05, 0) is 40.6 Å². The van der Waals surface area contributed by atoms with Crippen molar-refractivity contribution >= 4 is 47.0 Å². The molecule has 0 radical (unpaired) electrons. The van der Waals surface area contributed by atoms with Gasteiger partial charge in [0.2, 0.25) is 5.91 Å². The van der Waals surface area contributed by atoms with E-state index in [9.17, 15) is 24.3 Å². The molecule has 2 amide bonds. The van der Waals surface area contributed by atoms with Crippen LogP contribution in [0.3, 0.4) is 0 Å². The van der Waals surface area contributed by atoms with E-state index in [1.165, 1.54) is 11.6 Å². The molecule has 0 fully saturated rings. The molecule has 0 aliphatic carbocycles. The molecule has 3 rings (SSSR count). The molecule has 12 nitrogen and oxygen atoms in total. The number of carbonyl (C=O) groups excluding carboxylic acids is 3. The van der Waals surface area contributed by atoms with E-state index >= 15 is 0 Å². The number of carbonyl (C=O) groups is 4. The number of rotatable bonds is 12. The van der Waals surface area contributed by atoms with E-state index in [1.54, 1.807) is 42.5 Å². The smallest absolute Gasteiger partial charge is 0.408 e. The zero-order valence-electron chi connectivity index (χ0n) is 20.1. The van der Waals surface area contributed by atoms with Crippen molar-refractivity contribution in [3.63, 3.8) is 0 Å². The first-order chi connectivity index (χ1) is 18.1. The third-order valence-electron chi connectivity index (χ3n) is 5.33. The average Bonchev–Trinajstić information content (AvgIpc) is 3.31. The fourth-order valence-corrected chi connectivity index (χ4v) is 3.84. The number of ether oxygens (including phenoxy) is 1. The summed E-state index contributed by atoms with van der Waals surface area (Å²) in [5.41, 5.74) is 1.31. The zero-order valence-corrected chi connectivity index (χ0v) is 21.6. The molecule has 1 unspecified atom stereocenters. The van der Waals surface area contributed by atoms with Gasteiger partial charge >= 0.3 is 12.1 Å². The third kappa shape index (κ3) is 8.25. The van der Waals surface area contributed by atoms with Gasteiger partial charge in [0.05, 0.1) is 12.5 Å². The number of carboxylic acids is 1. The zero-order chi connectivity index (χ0) is 27.7. The van der Waals surface area contributed by atoms with Crippen molar-refractivity contribution in [3.8, 4) is 0 Å². The number of alkyl carbamates (subject to hydrolysis) is 1. The third-order valence-corrected chi connectivity index (χ3v) is 6.04. The van der Waals surface area contributed by atoms with Crippen molar-refractivity contribution in [1.82, 2.24) is 30.8 Å². The number of halogens is 2. The molecule has 0 bridgehead atoms. The summed E-state index contributed by atoms with van der Waals surface area (Å²) in [5, 5.41) is 26.0. The van der Waals surface area contributed by atoms with Gasteiger partial charge < -0.3 is 20.5 Å². The summed E-state index contributed by atoms with van der Waals surface area (Å²) in [6, 6.07) is 11.4. The highest BCUT2D eigenvalue weighted by molar-refractivity contribution is 6.36. The van der Waals surface area contributed by atoms with E-state index in [-0.39, 0.29) is 18.9 Å². The molecule has 3 N–H and O–H groups in total. The van der Waals surface area contributed by atoms with Crippen LogP contribution in [-0.2, 0) is 38.7 Å². The minimum Gasteiger partial charge on any atom is -0.481 e. The van der Waals surface area contributed by atoms with Crippen molar-refractivity contribution in [3.05, 3.63) is 75.5 Å². The maximum Gasteiger partial charge on any atom is 0.408 e. The van der Waals surface area contributed by atoms with Gasteiger partial charge in [-0.15, -0.1) is 5.10 Å². The first-order valence-electron chi connectivity index (χ1n) is 11.3. The van der Waals surface area contributed by atoms with Crippen LogP contribution in [0.4, 0.5) is 4.79 Å². The van der Waals surface area contributed by atoms with E-state index in [2.05, 4.69) is 26.2 Å². The Balaban J connectivity index is 1.61. The van der Waals surface area contributed by atoms with Crippen molar-refractivity contribution in [1.29, 1.82) is 0 Å². The summed E-state index contributed by atoms with van der Waals surface area (Å²) in [7, 11) is 0. The summed E-state index contributed by atoms with van der Waals surface area (Å²) < 4.78 is 6.25. The number of nitrogens with zero attached hydrogens (tertiary/aromatic N) is 4. The monoisotopic (exact) mass is 562 g/mol. The number of carboxylic acid groups (broad SMARTS) is 1. The second-order valence-electron chi connectivity index (χ2n) is 8.18. The highest BCUT2D eigenvalue weighted by Gasteiger charge is 2.28. The van der Waals surface area contributed by atoms with Crippen LogP contribution in [0.5, 0.6) is 0 Å². The summed E-state index contributed by atoms with van der Waals surface area (Å²) in [5.74, 6) is -2.50. The van der Waals surface area contributed by atoms with E-state index in [0.717, 1.165) is 5.56 Å². The van der Waals surface area contributed by atoms with Crippen LogP contribution in [0.25, 0.3) is 0 Å². The molecule has 200 valence electrons. The summed E-state index contributed by atoms with van der Waals surface area (Å²) >= 11 is 12.4. The molecule has 2 aromatic carbocycles. The number of Topliss-reactive ketones (excluding diaryl/α,β-unsaturated/α-hetero) is 1. The number of benzene rings is 2. The fourth-order valence-electron chi connectivity index (χ4n) is 3.31. The molecule has 0 saturated carbocycles. The number of aliphatic carboxylic acids is 1. The van der Waals surface area contributed by atoms with Crippen LogP contribution >= 0.6 is 23.2 Å². The quantitative estimate of drug-likeness (QED) is 0.300. The number of aromatic nitrogens is 4. The number of ketones is 1. The first-order valence-corrected chi connectivity index (χ1v) is 12.1. The molecule has 1 aromatic heterocycles. The van der Waals surface area contributed by atoms with Crippen LogP contribution in [0.2, 0.25) is 10.0 Å². The Labute approximate surface area is 227 Å². The van der Waals surface area contributed by atoms with Crippen LogP contribution < -0.4 is 10.6 Å². The van der Waals surface area contributed by atoms with Gasteiger partial charge in [-0.2, -0.15) is 0 Å². The molecule has 0 saturated heterocycles. The Morgan fingerprint density at radius 3 is 2.37 bits per heavy atom. The molecular weight excluding hydrogens is 539 g/mol. The summed E-state index contributed by atoms with van der Waals surface area (Å²) in [6.07, 6.45) is -1.43. The van der Waals surface area contributed by atoms with Gasteiger partial charge in [-0.3, -0.25) is 14.4 Å². The van der Waals surface area contributed by atoms with Gasteiger partial charge in [0.1, 0.15) is 19.2 Å². The minimum absolute atomic E-state index is 0.00514. The normalized spacial score (nSPS) is 12.3. The van der Waals surface area contributed by atoms with Crippen LogP contribution in [0, 0.1) is 0 Å². The molecule has 0 spiro atoms. The van der Waals surface area contributed by atoms with Crippen molar-refractivity contribution < 1.29 is 29.0 Å². The number of hydrogen-bond donors (Lipinski definition) is 3. The number of nitrogens with one attached hydrogen (secondary N) is 2. The van der Waals surface area contributed by atoms with Crippen molar-refractivity contribution in [2.45, 2.75) is 45.0 Å². The maximum absolute atomic E-state index is 13.0. The lowest BCUT2D eigenvalue weighted by atomic mass is 10.1. The first kappa shape index (κ1) is 28.5. The van der Waals surface area contributed by atoms with Crippen LogP contribution in [0.15, 0.2) is 48.5 Å².